The minimum atomic E-state index is 0.0701. The zero-order chi connectivity index (χ0) is 14.2. The van der Waals surface area contributed by atoms with Crippen molar-refractivity contribution in [2.75, 3.05) is 6.54 Å². The van der Waals surface area contributed by atoms with Crippen molar-refractivity contribution in [1.29, 1.82) is 0 Å². The Kier molecular flexibility index (Phi) is 5.23. The summed E-state index contributed by atoms with van der Waals surface area (Å²) < 4.78 is 5.53. The molecule has 2 aromatic heterocycles. The van der Waals surface area contributed by atoms with E-state index < -0.39 is 0 Å². The number of nitrogens with zero attached hydrogens (tertiary/aromatic N) is 3. The number of nitrogens with one attached hydrogen (secondary N) is 1. The monoisotopic (exact) mass is 274 g/mol. The van der Waals surface area contributed by atoms with Gasteiger partial charge in [0.1, 0.15) is 0 Å². The highest BCUT2D eigenvalue weighted by Gasteiger charge is 2.08. The van der Waals surface area contributed by atoms with Crippen LogP contribution in [0, 0.1) is 0 Å². The number of carbonyl (C=O) groups excluding carboxylic acids is 1. The molecule has 2 heterocycles. The Labute approximate surface area is 117 Å². The number of hydrogen-bond acceptors (Lipinski definition) is 5. The second kappa shape index (κ2) is 7.37. The van der Waals surface area contributed by atoms with E-state index in [-0.39, 0.29) is 5.91 Å². The molecule has 0 unspecified atom stereocenters. The van der Waals surface area contributed by atoms with E-state index in [1.54, 1.807) is 12.4 Å². The molecule has 0 atom stereocenters. The van der Waals surface area contributed by atoms with Crippen molar-refractivity contribution in [3.05, 3.63) is 30.4 Å². The van der Waals surface area contributed by atoms with Gasteiger partial charge in [0, 0.05) is 37.3 Å². The Balaban J connectivity index is 1.80. The molecule has 6 heteroatoms. The molecule has 0 aromatic carbocycles. The number of hydrogen-bond donors (Lipinski definition) is 1. The molecule has 0 spiro atoms. The lowest BCUT2D eigenvalue weighted by molar-refractivity contribution is -0.121. The number of unbranched alkanes of at least 4 members (excludes halogenated alkanes) is 1. The van der Waals surface area contributed by atoms with Crippen LogP contribution < -0.4 is 5.32 Å². The van der Waals surface area contributed by atoms with Crippen LogP contribution in [0.2, 0.25) is 0 Å². The minimum Gasteiger partial charge on any atom is -0.421 e. The summed E-state index contributed by atoms with van der Waals surface area (Å²) in [4.78, 5) is 15.4. The van der Waals surface area contributed by atoms with Crippen LogP contribution in [0.4, 0.5) is 0 Å². The van der Waals surface area contributed by atoms with Crippen molar-refractivity contribution in [2.45, 2.75) is 32.6 Å². The molecule has 2 rings (SSSR count). The number of pyridine rings is 1. The molecule has 1 N–H and O–H groups in total. The smallest absolute Gasteiger partial charge is 0.247 e. The lowest BCUT2D eigenvalue weighted by Gasteiger charge is -2.01. The number of rotatable bonds is 7. The van der Waals surface area contributed by atoms with E-state index in [1.807, 2.05) is 12.1 Å². The molecule has 1 amide bonds. The summed E-state index contributed by atoms with van der Waals surface area (Å²) in [5.74, 6) is 1.06. The SMILES string of the molecule is CCCCC(=O)NCCc1nnc(-c2ccncc2)o1. The van der Waals surface area contributed by atoms with Crippen molar-refractivity contribution in [2.24, 2.45) is 0 Å². The Hall–Kier alpha value is -2.24. The Morgan fingerprint density at radius 1 is 1.30 bits per heavy atom. The lowest BCUT2D eigenvalue weighted by Crippen LogP contribution is -2.25. The quantitative estimate of drug-likeness (QED) is 0.835. The van der Waals surface area contributed by atoms with Crippen molar-refractivity contribution in [3.63, 3.8) is 0 Å². The molecule has 0 aliphatic rings. The normalized spacial score (nSPS) is 10.4. The van der Waals surface area contributed by atoms with Gasteiger partial charge in [0.2, 0.25) is 17.7 Å². The van der Waals surface area contributed by atoms with Gasteiger partial charge >= 0.3 is 0 Å². The molecular formula is C14H18N4O2. The number of aromatic nitrogens is 3. The highest BCUT2D eigenvalue weighted by atomic mass is 16.4. The van der Waals surface area contributed by atoms with Crippen LogP contribution in [-0.4, -0.2) is 27.6 Å². The average Bonchev–Trinajstić information content (AvgIpc) is 2.95. The maximum Gasteiger partial charge on any atom is 0.247 e. The first-order valence-corrected chi connectivity index (χ1v) is 6.79. The largest absolute Gasteiger partial charge is 0.421 e. The third kappa shape index (κ3) is 4.15. The summed E-state index contributed by atoms with van der Waals surface area (Å²) in [6.45, 7) is 2.58. The number of amides is 1. The van der Waals surface area contributed by atoms with E-state index in [2.05, 4.69) is 27.4 Å². The topological polar surface area (TPSA) is 80.9 Å². The highest BCUT2D eigenvalue weighted by Crippen LogP contribution is 2.16. The van der Waals surface area contributed by atoms with Gasteiger partial charge < -0.3 is 9.73 Å². The van der Waals surface area contributed by atoms with Crippen molar-refractivity contribution >= 4 is 5.91 Å². The maximum atomic E-state index is 11.4. The van der Waals surface area contributed by atoms with E-state index in [9.17, 15) is 4.79 Å². The van der Waals surface area contributed by atoms with E-state index in [4.69, 9.17) is 4.42 Å². The lowest BCUT2D eigenvalue weighted by atomic mass is 10.2. The average molecular weight is 274 g/mol. The van der Waals surface area contributed by atoms with Gasteiger partial charge in [0.05, 0.1) is 0 Å². The van der Waals surface area contributed by atoms with Gasteiger partial charge in [-0.1, -0.05) is 13.3 Å². The van der Waals surface area contributed by atoms with Crippen LogP contribution >= 0.6 is 0 Å². The molecular weight excluding hydrogens is 256 g/mol. The predicted octanol–water partition coefficient (Wildman–Crippen LogP) is 1.98. The van der Waals surface area contributed by atoms with Crippen molar-refractivity contribution in [1.82, 2.24) is 20.5 Å². The van der Waals surface area contributed by atoms with E-state index >= 15 is 0 Å². The minimum absolute atomic E-state index is 0.0701. The first kappa shape index (κ1) is 14.2. The fourth-order valence-electron chi connectivity index (χ4n) is 1.70. The van der Waals surface area contributed by atoms with Crippen LogP contribution in [0.15, 0.2) is 28.9 Å². The Bertz CT molecular complexity index is 539. The molecule has 0 saturated carbocycles. The predicted molar refractivity (Wildman–Crippen MR) is 73.8 cm³/mol. The van der Waals surface area contributed by atoms with Gasteiger partial charge in [0.15, 0.2) is 0 Å². The van der Waals surface area contributed by atoms with E-state index in [0.29, 0.717) is 31.2 Å². The fourth-order valence-corrected chi connectivity index (χ4v) is 1.70. The van der Waals surface area contributed by atoms with Crippen LogP contribution in [0.1, 0.15) is 32.1 Å². The van der Waals surface area contributed by atoms with Gasteiger partial charge in [-0.25, -0.2) is 0 Å². The summed E-state index contributed by atoms with van der Waals surface area (Å²) in [7, 11) is 0. The van der Waals surface area contributed by atoms with E-state index in [1.165, 1.54) is 0 Å². The summed E-state index contributed by atoms with van der Waals surface area (Å²) in [5, 5.41) is 10.8. The van der Waals surface area contributed by atoms with Crippen LogP contribution in [0.25, 0.3) is 11.5 Å². The molecule has 2 aromatic rings. The van der Waals surface area contributed by atoms with Crippen LogP contribution in [0.5, 0.6) is 0 Å². The molecule has 0 bridgehead atoms. The molecule has 0 aliphatic carbocycles. The second-order valence-corrected chi connectivity index (χ2v) is 4.44. The molecule has 0 fully saturated rings. The van der Waals surface area contributed by atoms with Crippen molar-refractivity contribution < 1.29 is 9.21 Å². The zero-order valence-electron chi connectivity index (χ0n) is 11.5. The third-order valence-corrected chi connectivity index (χ3v) is 2.81. The fraction of sp³-hybridized carbons (Fsp3) is 0.429. The molecule has 0 saturated heterocycles. The summed E-state index contributed by atoms with van der Waals surface area (Å²) in [6, 6.07) is 3.62. The summed E-state index contributed by atoms with van der Waals surface area (Å²) in [5.41, 5.74) is 0.839. The highest BCUT2D eigenvalue weighted by molar-refractivity contribution is 5.75. The molecule has 106 valence electrons. The second-order valence-electron chi connectivity index (χ2n) is 4.44. The molecule has 20 heavy (non-hydrogen) atoms. The Morgan fingerprint density at radius 2 is 2.10 bits per heavy atom. The number of carbonyl (C=O) groups is 1. The van der Waals surface area contributed by atoms with Gasteiger partial charge in [-0.15, -0.1) is 10.2 Å². The maximum absolute atomic E-state index is 11.4. The third-order valence-electron chi connectivity index (χ3n) is 2.81. The van der Waals surface area contributed by atoms with Crippen LogP contribution in [0.3, 0.4) is 0 Å². The first-order valence-electron chi connectivity index (χ1n) is 6.79. The summed E-state index contributed by atoms with van der Waals surface area (Å²) in [6.07, 6.45) is 6.39. The molecule has 6 nitrogen and oxygen atoms in total. The summed E-state index contributed by atoms with van der Waals surface area (Å²) >= 11 is 0. The standard InChI is InChI=1S/C14H18N4O2/c1-2-3-4-12(19)16-10-7-13-17-18-14(20-13)11-5-8-15-9-6-11/h5-6,8-9H,2-4,7,10H2,1H3,(H,16,19). The van der Waals surface area contributed by atoms with Crippen LogP contribution in [-0.2, 0) is 11.2 Å². The van der Waals surface area contributed by atoms with Gasteiger partial charge in [-0.2, -0.15) is 0 Å². The Morgan fingerprint density at radius 3 is 2.85 bits per heavy atom. The molecule has 0 radical (unpaired) electrons. The van der Waals surface area contributed by atoms with E-state index in [0.717, 1.165) is 18.4 Å². The first-order chi connectivity index (χ1) is 9.79. The van der Waals surface area contributed by atoms with Gasteiger partial charge in [0.25, 0.3) is 0 Å². The zero-order valence-corrected chi connectivity index (χ0v) is 11.5. The molecule has 0 aliphatic heterocycles. The van der Waals surface area contributed by atoms with Crippen molar-refractivity contribution in [3.8, 4) is 11.5 Å². The van der Waals surface area contributed by atoms with Gasteiger partial charge in [-0.3, -0.25) is 9.78 Å². The van der Waals surface area contributed by atoms with Gasteiger partial charge in [-0.05, 0) is 18.6 Å².